The smallest absolute Gasteiger partial charge is 0.255 e. The summed E-state index contributed by atoms with van der Waals surface area (Å²) in [5.74, 6) is -6.24. The van der Waals surface area contributed by atoms with Crippen molar-refractivity contribution in [3.05, 3.63) is 51.8 Å². The number of carbonyl (C=O) groups excluding carboxylic acids is 3. The molecule has 6 N–H and O–H groups in total. The molecule has 38 heavy (non-hydrogen) atoms. The van der Waals surface area contributed by atoms with Crippen LogP contribution in [0.2, 0.25) is 0 Å². The van der Waals surface area contributed by atoms with Gasteiger partial charge < -0.3 is 26.2 Å². The third-order valence-corrected chi connectivity index (χ3v) is 8.44. The largest absolute Gasteiger partial charge is 0.508 e. The van der Waals surface area contributed by atoms with Gasteiger partial charge in [0.05, 0.1) is 17.7 Å². The van der Waals surface area contributed by atoms with Gasteiger partial charge in [-0.25, -0.2) is 0 Å². The number of phenolic OH excluding ortho intramolecular Hbond substituents is 1. The number of aromatic hydroxyl groups is 1. The van der Waals surface area contributed by atoms with E-state index in [1.807, 2.05) is 6.92 Å². The summed E-state index contributed by atoms with van der Waals surface area (Å²) in [6, 6.07) is 2.42. The Kier molecular flexibility index (Phi) is 6.87. The van der Waals surface area contributed by atoms with Crippen molar-refractivity contribution in [2.45, 2.75) is 70.6 Å². The van der Waals surface area contributed by atoms with Gasteiger partial charge in [0.15, 0.2) is 11.6 Å². The number of hydrogen-bond donors (Lipinski definition) is 5. The van der Waals surface area contributed by atoms with E-state index < -0.39 is 64.3 Å². The number of rotatable bonds is 5. The summed E-state index contributed by atoms with van der Waals surface area (Å²) in [4.78, 5) is 40.6. The van der Waals surface area contributed by atoms with Gasteiger partial charge in [-0.15, -0.1) is 0 Å². The third kappa shape index (κ3) is 4.17. The number of phenols is 1. The van der Waals surface area contributed by atoms with Gasteiger partial charge in [0.25, 0.3) is 5.91 Å². The minimum Gasteiger partial charge on any atom is -0.508 e. The van der Waals surface area contributed by atoms with Gasteiger partial charge in [-0.3, -0.25) is 19.3 Å². The van der Waals surface area contributed by atoms with Crippen LogP contribution < -0.4 is 5.73 Å². The summed E-state index contributed by atoms with van der Waals surface area (Å²) >= 11 is 0. The number of primary amides is 1. The van der Waals surface area contributed by atoms with Crippen LogP contribution in [0.15, 0.2) is 35.1 Å². The molecule has 0 spiro atoms. The van der Waals surface area contributed by atoms with Crippen LogP contribution in [0.1, 0.15) is 67.9 Å². The lowest BCUT2D eigenvalue weighted by atomic mass is 9.56. The van der Waals surface area contributed by atoms with Crippen molar-refractivity contribution in [1.82, 2.24) is 4.90 Å². The van der Waals surface area contributed by atoms with E-state index in [1.54, 1.807) is 26.2 Å². The Morgan fingerprint density at radius 2 is 1.79 bits per heavy atom. The first-order valence-electron chi connectivity index (χ1n) is 13.0. The Balaban J connectivity index is 1.87. The zero-order valence-electron chi connectivity index (χ0n) is 22.8. The Morgan fingerprint density at radius 3 is 2.34 bits per heavy atom. The number of likely N-dealkylation sites (N-methyl/N-ethyl adjacent to an activating group) is 1. The van der Waals surface area contributed by atoms with Crippen LogP contribution in [0.3, 0.4) is 0 Å². The number of aryl methyl sites for hydroxylation is 1. The number of ketones is 2. The second kappa shape index (κ2) is 9.32. The van der Waals surface area contributed by atoms with Crippen molar-refractivity contribution in [2.75, 3.05) is 14.1 Å². The van der Waals surface area contributed by atoms with Gasteiger partial charge in [-0.1, -0.05) is 39.8 Å². The van der Waals surface area contributed by atoms with E-state index in [0.717, 1.165) is 18.9 Å². The lowest BCUT2D eigenvalue weighted by molar-refractivity contribution is -0.143. The molecule has 9 heteroatoms. The van der Waals surface area contributed by atoms with Crippen molar-refractivity contribution in [1.29, 1.82) is 0 Å². The van der Waals surface area contributed by atoms with Crippen LogP contribution in [0.25, 0.3) is 0 Å². The molecule has 4 rings (SSSR count). The molecule has 1 amide bonds. The normalized spacial score (nSPS) is 31.1. The van der Waals surface area contributed by atoms with Crippen LogP contribution in [-0.2, 0) is 16.0 Å². The number of amides is 1. The van der Waals surface area contributed by atoms with Crippen LogP contribution in [0, 0.1) is 17.3 Å². The Hall–Kier alpha value is -3.01. The number of nitrogens with zero attached hydrogens (tertiary/aromatic N) is 1. The Morgan fingerprint density at radius 1 is 1.16 bits per heavy atom. The Bertz CT molecular complexity index is 1270. The summed E-state index contributed by atoms with van der Waals surface area (Å²) in [5, 5.41) is 45.5. The fraction of sp³-hybridized carbons (Fsp3) is 0.552. The number of fused-ring (bicyclic) bond motifs is 3. The summed E-state index contributed by atoms with van der Waals surface area (Å²) in [6.45, 7) is 8.22. The highest BCUT2D eigenvalue weighted by Gasteiger charge is 2.62. The highest BCUT2D eigenvalue weighted by molar-refractivity contribution is 6.22. The maximum Gasteiger partial charge on any atom is 0.255 e. The van der Waals surface area contributed by atoms with Crippen molar-refractivity contribution in [3.63, 3.8) is 0 Å². The number of carbonyl (C=O) groups is 3. The number of aliphatic hydroxyl groups is 3. The third-order valence-electron chi connectivity index (χ3n) is 8.44. The molecule has 0 saturated carbocycles. The number of benzene rings is 1. The standard InChI is InChI=1S/C29H38N2O7/c1-13-15-10-9-14(8-7-11-28(2,3)4)22(32)18(15)23(33)16-12-29(38)20(24(34)17(13)16)21(31(5)6)25(35)19(26(29)36)27(30)37/h9-10,12-13,17,20-21,24,32,34,36,38H,7-8,11H2,1-6H3,(H2,30,37)/t13-,17+,20+,21-,24-,29+/m0/s1. The molecule has 1 aromatic rings. The van der Waals surface area contributed by atoms with Crippen LogP contribution in [-0.4, -0.2) is 74.6 Å². The lowest BCUT2D eigenvalue weighted by Crippen LogP contribution is -2.66. The van der Waals surface area contributed by atoms with Crippen molar-refractivity contribution in [3.8, 4) is 5.75 Å². The van der Waals surface area contributed by atoms with E-state index >= 15 is 0 Å². The first-order chi connectivity index (χ1) is 17.5. The van der Waals surface area contributed by atoms with Crippen LogP contribution in [0.5, 0.6) is 5.75 Å². The van der Waals surface area contributed by atoms with Crippen molar-refractivity contribution < 1.29 is 34.8 Å². The number of aliphatic hydroxyl groups excluding tert-OH is 2. The molecule has 0 radical (unpaired) electrons. The maximum atomic E-state index is 13.8. The molecule has 3 aliphatic carbocycles. The molecule has 9 nitrogen and oxygen atoms in total. The van der Waals surface area contributed by atoms with Crippen molar-refractivity contribution >= 4 is 17.5 Å². The fourth-order valence-electron chi connectivity index (χ4n) is 6.57. The van der Waals surface area contributed by atoms with E-state index in [1.165, 1.54) is 4.90 Å². The molecule has 0 fully saturated rings. The molecular formula is C29H38N2O7. The van der Waals surface area contributed by atoms with Gasteiger partial charge in [-0.05, 0) is 61.9 Å². The predicted molar refractivity (Wildman–Crippen MR) is 141 cm³/mol. The zero-order chi connectivity index (χ0) is 28.5. The molecule has 0 saturated heterocycles. The minimum atomic E-state index is -2.40. The number of nitrogens with two attached hydrogens (primary N) is 1. The summed E-state index contributed by atoms with van der Waals surface area (Å²) in [5.41, 5.74) is 3.68. The van der Waals surface area contributed by atoms with E-state index in [9.17, 15) is 34.8 Å². The molecule has 0 unspecified atom stereocenters. The first kappa shape index (κ1) is 28.0. The molecule has 3 aliphatic rings. The van der Waals surface area contributed by atoms with E-state index in [4.69, 9.17) is 5.73 Å². The summed E-state index contributed by atoms with van der Waals surface area (Å²) in [6.07, 6.45) is 2.03. The molecule has 0 bridgehead atoms. The minimum absolute atomic E-state index is 0.0145. The molecule has 1 aromatic carbocycles. The lowest BCUT2D eigenvalue weighted by Gasteiger charge is -2.52. The van der Waals surface area contributed by atoms with Gasteiger partial charge in [-0.2, -0.15) is 0 Å². The second-order valence-corrected chi connectivity index (χ2v) is 12.4. The van der Waals surface area contributed by atoms with E-state index in [-0.39, 0.29) is 22.3 Å². The monoisotopic (exact) mass is 526 g/mol. The van der Waals surface area contributed by atoms with Gasteiger partial charge in [0, 0.05) is 17.4 Å². The topological polar surface area (TPSA) is 161 Å². The van der Waals surface area contributed by atoms with Crippen LogP contribution in [0.4, 0.5) is 0 Å². The summed E-state index contributed by atoms with van der Waals surface area (Å²) < 4.78 is 0. The average molecular weight is 527 g/mol. The maximum absolute atomic E-state index is 13.8. The molecule has 6 atom stereocenters. The number of Topliss-reactive ketones (excluding diaryl/α,β-unsaturated/α-hetero) is 2. The quantitative estimate of drug-likeness (QED) is 0.365. The van der Waals surface area contributed by atoms with E-state index in [2.05, 4.69) is 20.8 Å². The molecule has 0 aliphatic heterocycles. The molecule has 206 valence electrons. The molecule has 0 heterocycles. The van der Waals surface area contributed by atoms with E-state index in [0.29, 0.717) is 17.5 Å². The predicted octanol–water partition coefficient (Wildman–Crippen LogP) is 2.14. The summed E-state index contributed by atoms with van der Waals surface area (Å²) in [7, 11) is 3.11. The van der Waals surface area contributed by atoms with Gasteiger partial charge >= 0.3 is 0 Å². The van der Waals surface area contributed by atoms with Gasteiger partial charge in [0.1, 0.15) is 22.7 Å². The SMILES string of the molecule is C[C@H]1c2ccc(CCCC(C)(C)C)c(O)c2C(=O)C2=C[C@]3(O)C(O)=C(C(N)=O)C(=O)[C@@H](N(C)C)[C@@H]3[C@@H](O)[C@@H]21. The first-order valence-corrected chi connectivity index (χ1v) is 13.0. The molecule has 0 aromatic heterocycles. The van der Waals surface area contributed by atoms with Gasteiger partial charge in [0.2, 0.25) is 0 Å². The Labute approximate surface area is 222 Å². The number of hydrogen-bond acceptors (Lipinski definition) is 8. The highest BCUT2D eigenvalue weighted by Crippen LogP contribution is 2.54. The molecular weight excluding hydrogens is 488 g/mol. The zero-order valence-corrected chi connectivity index (χ0v) is 22.8. The van der Waals surface area contributed by atoms with Crippen molar-refractivity contribution in [2.24, 2.45) is 23.0 Å². The highest BCUT2D eigenvalue weighted by atomic mass is 16.3. The van der Waals surface area contributed by atoms with Crippen LogP contribution >= 0.6 is 0 Å². The fourth-order valence-corrected chi connectivity index (χ4v) is 6.57. The second-order valence-electron chi connectivity index (χ2n) is 12.4. The average Bonchev–Trinajstić information content (AvgIpc) is 2.78.